The molecule has 2 rings (SSSR count). The van der Waals surface area contributed by atoms with E-state index in [0.717, 1.165) is 12.4 Å². The number of unbranched alkanes of at least 4 members (excludes halogenated alkanes) is 10. The van der Waals surface area contributed by atoms with Gasteiger partial charge in [-0.1, -0.05) is 76.2 Å². The van der Waals surface area contributed by atoms with Crippen LogP contribution >= 0.6 is 0 Å². The first-order valence-corrected chi connectivity index (χ1v) is 11.7. The topological polar surface area (TPSA) is 21.8 Å². The molecule has 1 unspecified atom stereocenters. The Balaban J connectivity index is 1.39. The fraction of sp³-hybridized carbons (Fsp3) is 0.692. The second-order valence-corrected chi connectivity index (χ2v) is 8.65. The summed E-state index contributed by atoms with van der Waals surface area (Å²) < 4.78 is 11.1. The lowest BCUT2D eigenvalue weighted by Gasteiger charge is -2.09. The fourth-order valence-electron chi connectivity index (χ4n) is 3.42. The van der Waals surface area contributed by atoms with Crippen LogP contribution in [0.3, 0.4) is 0 Å². The number of epoxide rings is 1. The van der Waals surface area contributed by atoms with E-state index in [2.05, 4.69) is 50.3 Å². The fourth-order valence-corrected chi connectivity index (χ4v) is 3.42. The van der Waals surface area contributed by atoms with Crippen molar-refractivity contribution in [3.05, 3.63) is 42.0 Å². The first kappa shape index (κ1) is 23.0. The third-order valence-electron chi connectivity index (χ3n) is 5.58. The lowest BCUT2D eigenvalue weighted by atomic mass is 10.1. The van der Waals surface area contributed by atoms with Crippen LogP contribution in [-0.4, -0.2) is 18.8 Å². The van der Waals surface area contributed by atoms with Gasteiger partial charge in [0.05, 0.1) is 6.61 Å². The third-order valence-corrected chi connectivity index (χ3v) is 5.58. The van der Waals surface area contributed by atoms with Crippen molar-refractivity contribution in [2.75, 3.05) is 13.2 Å². The standard InChI is InChI=1S/C26H42O2/c1-3-4-5-6-7-8-9-10-11-12-13-14-15-16-17-24-18-20-25(21-19-24)27-22-26(2)23-28-26/h11-12,18-21H,3-10,13-17,22-23H2,1-2H3/b12-11+. The van der Waals surface area contributed by atoms with E-state index in [1.165, 1.54) is 89.0 Å². The van der Waals surface area contributed by atoms with Crippen LogP contribution in [0.1, 0.15) is 96.5 Å². The molecule has 1 aliphatic rings. The minimum atomic E-state index is -0.0403. The second kappa shape index (κ2) is 13.8. The molecule has 1 aromatic rings. The van der Waals surface area contributed by atoms with Crippen LogP contribution in [0.5, 0.6) is 5.75 Å². The maximum atomic E-state index is 5.78. The molecule has 0 spiro atoms. The van der Waals surface area contributed by atoms with Crippen molar-refractivity contribution >= 4 is 0 Å². The van der Waals surface area contributed by atoms with Gasteiger partial charge in [-0.15, -0.1) is 0 Å². The molecular weight excluding hydrogens is 344 g/mol. The van der Waals surface area contributed by atoms with Gasteiger partial charge in [0.25, 0.3) is 0 Å². The molecule has 28 heavy (non-hydrogen) atoms. The quantitative estimate of drug-likeness (QED) is 0.156. The van der Waals surface area contributed by atoms with E-state index in [-0.39, 0.29) is 5.60 Å². The van der Waals surface area contributed by atoms with Crippen molar-refractivity contribution in [1.82, 2.24) is 0 Å². The number of aryl methyl sites for hydroxylation is 1. The van der Waals surface area contributed by atoms with Crippen LogP contribution in [0.4, 0.5) is 0 Å². The van der Waals surface area contributed by atoms with Gasteiger partial charge in [0.2, 0.25) is 0 Å². The van der Waals surface area contributed by atoms with Gasteiger partial charge < -0.3 is 9.47 Å². The maximum absolute atomic E-state index is 5.78. The van der Waals surface area contributed by atoms with Gasteiger partial charge >= 0.3 is 0 Å². The highest BCUT2D eigenvalue weighted by Gasteiger charge is 2.40. The zero-order valence-corrected chi connectivity index (χ0v) is 18.4. The van der Waals surface area contributed by atoms with Crippen molar-refractivity contribution in [2.45, 2.75) is 103 Å². The Bertz CT molecular complexity index is 528. The normalized spacial score (nSPS) is 18.6. The Labute approximate surface area is 173 Å². The van der Waals surface area contributed by atoms with Gasteiger partial charge in [-0.2, -0.15) is 0 Å². The summed E-state index contributed by atoms with van der Waals surface area (Å²) in [5.41, 5.74) is 1.37. The molecule has 0 N–H and O–H groups in total. The van der Waals surface area contributed by atoms with Crippen molar-refractivity contribution in [2.24, 2.45) is 0 Å². The molecule has 0 saturated carbocycles. The molecule has 1 heterocycles. The molecule has 0 amide bonds. The summed E-state index contributed by atoms with van der Waals surface area (Å²) in [6.07, 6.45) is 22.2. The highest BCUT2D eigenvalue weighted by molar-refractivity contribution is 5.27. The molecule has 0 aliphatic carbocycles. The third kappa shape index (κ3) is 10.9. The average Bonchev–Trinajstić information content (AvgIpc) is 3.45. The molecule has 1 aliphatic heterocycles. The van der Waals surface area contributed by atoms with Crippen LogP contribution in [0.2, 0.25) is 0 Å². The average molecular weight is 387 g/mol. The number of ether oxygens (including phenoxy) is 2. The molecular formula is C26H42O2. The van der Waals surface area contributed by atoms with Gasteiger partial charge in [0, 0.05) is 0 Å². The molecule has 0 bridgehead atoms. The number of hydrogen-bond acceptors (Lipinski definition) is 2. The summed E-state index contributed by atoms with van der Waals surface area (Å²) in [5, 5.41) is 0. The summed E-state index contributed by atoms with van der Waals surface area (Å²) in [4.78, 5) is 0. The van der Waals surface area contributed by atoms with E-state index in [4.69, 9.17) is 9.47 Å². The minimum absolute atomic E-state index is 0.0403. The summed E-state index contributed by atoms with van der Waals surface area (Å²) in [5.74, 6) is 0.951. The Hall–Kier alpha value is -1.28. The molecule has 1 saturated heterocycles. The van der Waals surface area contributed by atoms with Crippen molar-refractivity contribution < 1.29 is 9.47 Å². The SMILES string of the molecule is CCCCCCCCC/C=C/CCCCCc1ccc(OCC2(C)CO2)cc1. The van der Waals surface area contributed by atoms with Crippen molar-refractivity contribution in [1.29, 1.82) is 0 Å². The Morgan fingerprint density at radius 2 is 1.43 bits per heavy atom. The summed E-state index contributed by atoms with van der Waals surface area (Å²) >= 11 is 0. The number of rotatable bonds is 17. The Kier molecular flexibility index (Phi) is 11.4. The molecule has 1 fully saturated rings. The second-order valence-electron chi connectivity index (χ2n) is 8.65. The molecule has 158 valence electrons. The highest BCUT2D eigenvalue weighted by Crippen LogP contribution is 2.27. The lowest BCUT2D eigenvalue weighted by Crippen LogP contribution is -2.16. The zero-order valence-electron chi connectivity index (χ0n) is 18.4. The van der Waals surface area contributed by atoms with Gasteiger partial charge in [-0.3, -0.25) is 0 Å². The van der Waals surface area contributed by atoms with Gasteiger partial charge in [0.15, 0.2) is 0 Å². The number of benzene rings is 1. The van der Waals surface area contributed by atoms with E-state index < -0.39 is 0 Å². The van der Waals surface area contributed by atoms with E-state index in [1.807, 2.05) is 0 Å². The number of allylic oxidation sites excluding steroid dienone is 2. The molecule has 2 heteroatoms. The van der Waals surface area contributed by atoms with E-state index in [0.29, 0.717) is 6.61 Å². The molecule has 0 aromatic heterocycles. The van der Waals surface area contributed by atoms with Gasteiger partial charge in [0.1, 0.15) is 18.0 Å². The predicted molar refractivity (Wildman–Crippen MR) is 120 cm³/mol. The van der Waals surface area contributed by atoms with Crippen LogP contribution in [0.25, 0.3) is 0 Å². The molecule has 1 atom stereocenters. The summed E-state index contributed by atoms with van der Waals surface area (Å²) in [6, 6.07) is 8.59. The smallest absolute Gasteiger partial charge is 0.123 e. The molecule has 2 nitrogen and oxygen atoms in total. The Morgan fingerprint density at radius 1 is 0.857 bits per heavy atom. The van der Waals surface area contributed by atoms with E-state index >= 15 is 0 Å². The molecule has 1 aromatic carbocycles. The summed E-state index contributed by atoms with van der Waals surface area (Å²) in [6.45, 7) is 5.84. The minimum Gasteiger partial charge on any atom is -0.491 e. The number of hydrogen-bond donors (Lipinski definition) is 0. The van der Waals surface area contributed by atoms with Crippen molar-refractivity contribution in [3.63, 3.8) is 0 Å². The van der Waals surface area contributed by atoms with Crippen molar-refractivity contribution in [3.8, 4) is 5.75 Å². The van der Waals surface area contributed by atoms with E-state index in [9.17, 15) is 0 Å². The van der Waals surface area contributed by atoms with E-state index in [1.54, 1.807) is 0 Å². The Morgan fingerprint density at radius 3 is 2.04 bits per heavy atom. The zero-order chi connectivity index (χ0) is 19.9. The van der Waals surface area contributed by atoms with Crippen LogP contribution in [-0.2, 0) is 11.2 Å². The summed E-state index contributed by atoms with van der Waals surface area (Å²) in [7, 11) is 0. The van der Waals surface area contributed by atoms with Crippen LogP contribution in [0.15, 0.2) is 36.4 Å². The predicted octanol–water partition coefficient (Wildman–Crippen LogP) is 7.65. The lowest BCUT2D eigenvalue weighted by molar-refractivity contribution is 0.202. The van der Waals surface area contributed by atoms with Crippen LogP contribution in [0, 0.1) is 0 Å². The first-order chi connectivity index (χ1) is 13.7. The van der Waals surface area contributed by atoms with Crippen LogP contribution < -0.4 is 4.74 Å². The highest BCUT2D eigenvalue weighted by atomic mass is 16.6. The monoisotopic (exact) mass is 386 g/mol. The maximum Gasteiger partial charge on any atom is 0.123 e. The first-order valence-electron chi connectivity index (χ1n) is 11.7. The molecule has 0 radical (unpaired) electrons. The largest absolute Gasteiger partial charge is 0.491 e. The van der Waals surface area contributed by atoms with Gasteiger partial charge in [-0.05, 0) is 63.1 Å². The van der Waals surface area contributed by atoms with Gasteiger partial charge in [-0.25, -0.2) is 0 Å².